The van der Waals surface area contributed by atoms with Crippen LogP contribution in [0.4, 0.5) is 0 Å². The average molecular weight is 208 g/mol. The molecule has 2 nitrogen and oxygen atoms in total. The van der Waals surface area contributed by atoms with Gasteiger partial charge >= 0.3 is 0 Å². The van der Waals surface area contributed by atoms with Gasteiger partial charge in [0.15, 0.2) is 0 Å². The first kappa shape index (κ1) is 9.83. The largest absolute Gasteiger partial charge is 0.375 e. The standard InChI is InChI=1S/C13H20O2/c14-9-13(5-6-13)8-11-7-10-3-1-2-4-12(10)15-11/h9-12H,1-8H2. The summed E-state index contributed by atoms with van der Waals surface area (Å²) < 4.78 is 6.08. The van der Waals surface area contributed by atoms with Gasteiger partial charge in [-0.25, -0.2) is 0 Å². The molecular weight excluding hydrogens is 188 g/mol. The first-order valence-electron chi connectivity index (χ1n) is 6.43. The summed E-state index contributed by atoms with van der Waals surface area (Å²) in [7, 11) is 0. The van der Waals surface area contributed by atoms with Crippen molar-refractivity contribution in [1.29, 1.82) is 0 Å². The summed E-state index contributed by atoms with van der Waals surface area (Å²) in [4.78, 5) is 10.9. The minimum Gasteiger partial charge on any atom is -0.375 e. The zero-order valence-corrected chi connectivity index (χ0v) is 9.28. The van der Waals surface area contributed by atoms with E-state index < -0.39 is 0 Å². The maximum atomic E-state index is 10.9. The number of fused-ring (bicyclic) bond motifs is 1. The van der Waals surface area contributed by atoms with Gasteiger partial charge in [-0.3, -0.25) is 0 Å². The summed E-state index contributed by atoms with van der Waals surface area (Å²) in [6.45, 7) is 0. The number of ether oxygens (including phenoxy) is 1. The van der Waals surface area contributed by atoms with Gasteiger partial charge < -0.3 is 9.53 Å². The fraction of sp³-hybridized carbons (Fsp3) is 0.923. The van der Waals surface area contributed by atoms with Crippen molar-refractivity contribution >= 4 is 6.29 Å². The van der Waals surface area contributed by atoms with Crippen LogP contribution < -0.4 is 0 Å². The molecule has 0 N–H and O–H groups in total. The first-order chi connectivity index (χ1) is 7.31. The minimum absolute atomic E-state index is 0.0398. The highest BCUT2D eigenvalue weighted by atomic mass is 16.5. The predicted molar refractivity (Wildman–Crippen MR) is 57.6 cm³/mol. The molecule has 0 aromatic rings. The summed E-state index contributed by atoms with van der Waals surface area (Å²) in [6.07, 6.45) is 11.9. The van der Waals surface area contributed by atoms with Gasteiger partial charge in [-0.1, -0.05) is 12.8 Å². The number of carbonyl (C=O) groups excluding carboxylic acids is 1. The normalized spacial score (nSPS) is 42.3. The van der Waals surface area contributed by atoms with Gasteiger partial charge in [-0.2, -0.15) is 0 Å². The molecule has 0 radical (unpaired) electrons. The Morgan fingerprint density at radius 3 is 2.73 bits per heavy atom. The quantitative estimate of drug-likeness (QED) is 0.667. The third-order valence-corrected chi connectivity index (χ3v) is 4.55. The van der Waals surface area contributed by atoms with Crippen molar-refractivity contribution in [3.05, 3.63) is 0 Å². The van der Waals surface area contributed by atoms with Crippen molar-refractivity contribution in [2.24, 2.45) is 11.3 Å². The summed E-state index contributed by atoms with van der Waals surface area (Å²) in [5.74, 6) is 0.811. The van der Waals surface area contributed by atoms with E-state index in [9.17, 15) is 4.79 Å². The van der Waals surface area contributed by atoms with Crippen LogP contribution in [0.25, 0.3) is 0 Å². The van der Waals surface area contributed by atoms with Crippen molar-refractivity contribution < 1.29 is 9.53 Å². The molecule has 0 aromatic heterocycles. The molecule has 3 fully saturated rings. The fourth-order valence-electron chi connectivity index (χ4n) is 3.38. The molecule has 3 atom stereocenters. The summed E-state index contributed by atoms with van der Waals surface area (Å²) in [5, 5.41) is 0. The van der Waals surface area contributed by atoms with Gasteiger partial charge in [0.2, 0.25) is 0 Å². The van der Waals surface area contributed by atoms with Crippen molar-refractivity contribution in [2.75, 3.05) is 0 Å². The van der Waals surface area contributed by atoms with Crippen LogP contribution in [0.5, 0.6) is 0 Å². The van der Waals surface area contributed by atoms with Crippen molar-refractivity contribution in [1.82, 2.24) is 0 Å². The number of carbonyl (C=O) groups is 1. The second-order valence-electron chi connectivity index (χ2n) is 5.76. The van der Waals surface area contributed by atoms with Gasteiger partial charge in [-0.15, -0.1) is 0 Å². The van der Waals surface area contributed by atoms with Gasteiger partial charge in [0.05, 0.1) is 12.2 Å². The number of hydrogen-bond acceptors (Lipinski definition) is 2. The zero-order chi connectivity index (χ0) is 10.3. The Labute approximate surface area is 91.4 Å². The highest BCUT2D eigenvalue weighted by molar-refractivity contribution is 5.63. The van der Waals surface area contributed by atoms with E-state index >= 15 is 0 Å². The highest BCUT2D eigenvalue weighted by Crippen LogP contribution is 2.50. The molecule has 1 heterocycles. The molecule has 3 unspecified atom stereocenters. The summed E-state index contributed by atoms with van der Waals surface area (Å²) >= 11 is 0. The maximum Gasteiger partial charge on any atom is 0.126 e. The van der Waals surface area contributed by atoms with E-state index in [0.717, 1.165) is 25.2 Å². The summed E-state index contributed by atoms with van der Waals surface area (Å²) in [6, 6.07) is 0. The van der Waals surface area contributed by atoms with Gasteiger partial charge in [0.1, 0.15) is 6.29 Å². The molecule has 0 spiro atoms. The Morgan fingerprint density at radius 1 is 1.27 bits per heavy atom. The van der Waals surface area contributed by atoms with E-state index in [0.29, 0.717) is 12.2 Å². The lowest BCUT2D eigenvalue weighted by atomic mass is 9.84. The van der Waals surface area contributed by atoms with E-state index in [1.165, 1.54) is 38.4 Å². The second kappa shape index (κ2) is 3.58. The van der Waals surface area contributed by atoms with Gasteiger partial charge in [0.25, 0.3) is 0 Å². The monoisotopic (exact) mass is 208 g/mol. The number of aldehydes is 1. The molecule has 1 aliphatic heterocycles. The van der Waals surface area contributed by atoms with Gasteiger partial charge in [0, 0.05) is 5.41 Å². The lowest BCUT2D eigenvalue weighted by Gasteiger charge is -2.23. The number of hydrogen-bond donors (Lipinski definition) is 0. The van der Waals surface area contributed by atoms with Crippen LogP contribution >= 0.6 is 0 Å². The Balaban J connectivity index is 1.58. The second-order valence-corrected chi connectivity index (χ2v) is 5.76. The van der Waals surface area contributed by atoms with Gasteiger partial charge in [-0.05, 0) is 44.4 Å². The first-order valence-corrected chi connectivity index (χ1v) is 6.43. The molecular formula is C13H20O2. The average Bonchev–Trinajstić information content (AvgIpc) is 2.91. The SMILES string of the molecule is O=CC1(CC2CC3CCCCC3O2)CC1. The molecule has 3 rings (SSSR count). The van der Waals surface area contributed by atoms with Crippen LogP contribution in [0.3, 0.4) is 0 Å². The Hall–Kier alpha value is -0.370. The zero-order valence-electron chi connectivity index (χ0n) is 9.28. The molecule has 0 aromatic carbocycles. The predicted octanol–water partition coefficient (Wildman–Crippen LogP) is 2.70. The number of rotatable bonds is 3. The molecule has 2 saturated carbocycles. The third-order valence-electron chi connectivity index (χ3n) is 4.55. The van der Waals surface area contributed by atoms with Crippen LogP contribution in [-0.2, 0) is 9.53 Å². The molecule has 0 bridgehead atoms. The molecule has 3 aliphatic rings. The smallest absolute Gasteiger partial charge is 0.126 e. The Bertz CT molecular complexity index is 243. The van der Waals surface area contributed by atoms with Crippen LogP contribution in [0.15, 0.2) is 0 Å². The molecule has 1 saturated heterocycles. The van der Waals surface area contributed by atoms with Crippen LogP contribution in [0, 0.1) is 11.3 Å². The molecule has 2 aliphatic carbocycles. The van der Waals surface area contributed by atoms with Crippen molar-refractivity contribution in [3.63, 3.8) is 0 Å². The fourth-order valence-corrected chi connectivity index (χ4v) is 3.38. The molecule has 0 amide bonds. The van der Waals surface area contributed by atoms with Crippen LogP contribution in [0.2, 0.25) is 0 Å². The van der Waals surface area contributed by atoms with Crippen molar-refractivity contribution in [2.45, 2.75) is 63.6 Å². The van der Waals surface area contributed by atoms with Crippen LogP contribution in [-0.4, -0.2) is 18.5 Å². The molecule has 84 valence electrons. The van der Waals surface area contributed by atoms with E-state index in [-0.39, 0.29) is 5.41 Å². The van der Waals surface area contributed by atoms with E-state index in [1.54, 1.807) is 0 Å². The third kappa shape index (κ3) is 1.84. The summed E-state index contributed by atoms with van der Waals surface area (Å²) in [5.41, 5.74) is 0.0398. The maximum absolute atomic E-state index is 10.9. The Morgan fingerprint density at radius 2 is 2.07 bits per heavy atom. The Kier molecular flexibility index (Phi) is 2.35. The van der Waals surface area contributed by atoms with Crippen LogP contribution in [0.1, 0.15) is 51.4 Å². The lowest BCUT2D eigenvalue weighted by Crippen LogP contribution is -2.20. The topological polar surface area (TPSA) is 26.3 Å². The van der Waals surface area contributed by atoms with Crippen molar-refractivity contribution in [3.8, 4) is 0 Å². The highest BCUT2D eigenvalue weighted by Gasteiger charge is 2.47. The lowest BCUT2D eigenvalue weighted by molar-refractivity contribution is -0.113. The van der Waals surface area contributed by atoms with E-state index in [2.05, 4.69) is 0 Å². The van der Waals surface area contributed by atoms with E-state index in [1.807, 2.05) is 0 Å². The minimum atomic E-state index is 0.0398. The molecule has 15 heavy (non-hydrogen) atoms. The van der Waals surface area contributed by atoms with E-state index in [4.69, 9.17) is 4.74 Å². The molecule has 2 heteroatoms.